The summed E-state index contributed by atoms with van der Waals surface area (Å²) in [7, 11) is -6.16. The topological polar surface area (TPSA) is 107 Å². The molecular formula is C2H6ClKO6P2+2. The second-order valence-electron chi connectivity index (χ2n) is 0.956. The molecule has 0 fully saturated rings. The molecule has 2 atom stereocenters. The summed E-state index contributed by atoms with van der Waals surface area (Å²) in [5, 5.41) is 7.74. The molecule has 66 valence electrons. The quantitative estimate of drug-likeness (QED) is 0.317. The molecule has 0 amide bonds. The maximum absolute atomic E-state index is 9.35. The van der Waals surface area contributed by atoms with Crippen molar-refractivity contribution in [1.82, 2.24) is 0 Å². The van der Waals surface area contributed by atoms with Gasteiger partial charge in [-0.1, -0.05) is 0 Å². The first-order valence-corrected chi connectivity index (χ1v) is 4.96. The van der Waals surface area contributed by atoms with Gasteiger partial charge in [0.25, 0.3) is 0 Å². The zero-order valence-corrected chi connectivity index (χ0v) is 11.9. The zero-order valence-electron chi connectivity index (χ0n) is 6.21. The molecule has 2 N–H and O–H groups in total. The Bertz CT molecular complexity index is 119. The number of halogens is 1. The minimum Gasteiger partial charge on any atom is -0.563 e. The van der Waals surface area contributed by atoms with E-state index in [9.17, 15) is 14.0 Å². The van der Waals surface area contributed by atoms with Crippen LogP contribution in [-0.4, -0.2) is 22.5 Å². The Morgan fingerprint density at radius 2 is 1.83 bits per heavy atom. The van der Waals surface area contributed by atoms with Crippen molar-refractivity contribution in [3.05, 3.63) is 0 Å². The van der Waals surface area contributed by atoms with Crippen LogP contribution >= 0.6 is 28.1 Å². The van der Waals surface area contributed by atoms with Crippen molar-refractivity contribution in [3.8, 4) is 0 Å². The standard InChI is InChI=1S/C2H5ClO.K.O5P2/c3-1-2-4;;1-6(2)5-7(3)4/h4H,1-2H2;;/q;+1;/p+1. The van der Waals surface area contributed by atoms with E-state index in [1.54, 1.807) is 0 Å². The molecule has 10 heteroatoms. The van der Waals surface area contributed by atoms with E-state index in [4.69, 9.17) is 21.6 Å². The Morgan fingerprint density at radius 3 is 1.83 bits per heavy atom. The minimum atomic E-state index is -3.17. The predicted molar refractivity (Wildman–Crippen MR) is 36.3 cm³/mol. The number of aliphatic hydroxyl groups excluding tert-OH is 1. The molecule has 0 bridgehead atoms. The van der Waals surface area contributed by atoms with Gasteiger partial charge in [-0.25, -0.2) is 0 Å². The fraction of sp³-hybridized carbons (Fsp3) is 1.00. The van der Waals surface area contributed by atoms with E-state index in [1.165, 1.54) is 0 Å². The molecule has 6 nitrogen and oxygen atoms in total. The molecule has 0 aromatic rings. The van der Waals surface area contributed by atoms with Crippen LogP contribution in [0.2, 0.25) is 0 Å². The summed E-state index contributed by atoms with van der Waals surface area (Å²) in [6, 6.07) is 0. The predicted octanol–water partition coefficient (Wildman–Crippen LogP) is -3.11. The van der Waals surface area contributed by atoms with Crippen molar-refractivity contribution >= 4 is 28.1 Å². The average Bonchev–Trinajstić information content (AvgIpc) is 1.85. The van der Waals surface area contributed by atoms with Gasteiger partial charge in [-0.2, -0.15) is 0 Å². The monoisotopic (exact) mass is 262 g/mol. The van der Waals surface area contributed by atoms with E-state index in [1.807, 2.05) is 0 Å². The van der Waals surface area contributed by atoms with Crippen molar-refractivity contribution in [2.75, 3.05) is 12.5 Å². The van der Waals surface area contributed by atoms with E-state index < -0.39 is 16.5 Å². The van der Waals surface area contributed by atoms with Crippen molar-refractivity contribution < 1.29 is 79.7 Å². The normalized spacial score (nSPS) is 10.3. The third kappa shape index (κ3) is 29.7. The molecule has 0 aliphatic heterocycles. The van der Waals surface area contributed by atoms with Crippen molar-refractivity contribution in [1.29, 1.82) is 0 Å². The Morgan fingerprint density at radius 1 is 1.50 bits per heavy atom. The average molecular weight is 263 g/mol. The van der Waals surface area contributed by atoms with Gasteiger partial charge in [0.05, 0.1) is 6.61 Å². The molecule has 0 spiro atoms. The van der Waals surface area contributed by atoms with Crippen LogP contribution in [0.15, 0.2) is 0 Å². The maximum atomic E-state index is 9.35. The van der Waals surface area contributed by atoms with Crippen LogP contribution in [0.1, 0.15) is 0 Å². The van der Waals surface area contributed by atoms with Gasteiger partial charge in [0.2, 0.25) is 0 Å². The Kier molecular flexibility index (Phi) is 25.1. The molecule has 12 heavy (non-hydrogen) atoms. The van der Waals surface area contributed by atoms with Crippen LogP contribution in [-0.2, 0) is 13.4 Å². The van der Waals surface area contributed by atoms with Crippen LogP contribution in [0.5, 0.6) is 0 Å². The molecule has 0 heterocycles. The first-order chi connectivity index (χ1) is 5.04. The SMILES string of the molecule is O=[P+]([O-])O[P+](=O)O.OCCCl.[K+]. The smallest absolute Gasteiger partial charge is 0.563 e. The van der Waals surface area contributed by atoms with Crippen molar-refractivity contribution in [2.24, 2.45) is 0 Å². The fourth-order valence-corrected chi connectivity index (χ4v) is 0.513. The summed E-state index contributed by atoms with van der Waals surface area (Å²) in [6.07, 6.45) is 0. The van der Waals surface area contributed by atoms with Gasteiger partial charge in [0, 0.05) is 10.4 Å². The van der Waals surface area contributed by atoms with Crippen LogP contribution < -0.4 is 56.3 Å². The van der Waals surface area contributed by atoms with Gasteiger partial charge in [0.15, 0.2) is 0 Å². The van der Waals surface area contributed by atoms with Crippen LogP contribution in [0.25, 0.3) is 0 Å². The molecule has 0 aliphatic rings. The van der Waals surface area contributed by atoms with Crippen LogP contribution in [0.4, 0.5) is 0 Å². The number of alkyl halides is 1. The van der Waals surface area contributed by atoms with E-state index >= 15 is 0 Å². The second-order valence-corrected chi connectivity index (χ2v) is 2.91. The minimum absolute atomic E-state index is 0. The molecular weight excluding hydrogens is 257 g/mol. The van der Waals surface area contributed by atoms with E-state index in [0.29, 0.717) is 5.88 Å². The van der Waals surface area contributed by atoms with Gasteiger partial charge in [0.1, 0.15) is 4.31 Å². The summed E-state index contributed by atoms with van der Waals surface area (Å²) < 4.78 is 21.9. The summed E-state index contributed by atoms with van der Waals surface area (Å²) in [6.45, 7) is 0.0849. The molecule has 0 aliphatic carbocycles. The second kappa shape index (κ2) is 15.4. The zero-order chi connectivity index (χ0) is 9.28. The van der Waals surface area contributed by atoms with E-state index in [2.05, 4.69) is 4.31 Å². The molecule has 0 saturated carbocycles. The fourth-order valence-electron chi connectivity index (χ4n) is 0.0570. The number of hydrogen-bond acceptors (Lipinski definition) is 5. The molecule has 0 saturated heterocycles. The van der Waals surface area contributed by atoms with Gasteiger partial charge >= 0.3 is 67.9 Å². The molecule has 2 unspecified atom stereocenters. The van der Waals surface area contributed by atoms with Crippen LogP contribution in [0, 0.1) is 0 Å². The maximum Gasteiger partial charge on any atom is 1.00 e. The first kappa shape index (κ1) is 19.5. The van der Waals surface area contributed by atoms with Gasteiger partial charge < -0.3 is 10.00 Å². The Labute approximate surface area is 119 Å². The third-order valence-electron chi connectivity index (χ3n) is 0.221. The van der Waals surface area contributed by atoms with Gasteiger partial charge in [-0.05, 0) is 4.57 Å². The molecule has 0 aromatic heterocycles. The van der Waals surface area contributed by atoms with E-state index in [0.717, 1.165) is 0 Å². The number of aliphatic hydroxyl groups is 1. The summed E-state index contributed by atoms with van der Waals surface area (Å²) in [4.78, 5) is 16.9. The van der Waals surface area contributed by atoms with E-state index in [-0.39, 0.29) is 58.0 Å². The molecule has 0 aromatic carbocycles. The Balaban J connectivity index is -0.000000142. The molecule has 0 rings (SSSR count). The summed E-state index contributed by atoms with van der Waals surface area (Å²) >= 11 is 4.94. The summed E-state index contributed by atoms with van der Waals surface area (Å²) in [5.41, 5.74) is 0. The number of rotatable bonds is 3. The van der Waals surface area contributed by atoms with Crippen LogP contribution in [0.3, 0.4) is 0 Å². The first-order valence-electron chi connectivity index (χ1n) is 2.20. The summed E-state index contributed by atoms with van der Waals surface area (Å²) in [5.74, 6) is 0.347. The van der Waals surface area contributed by atoms with Crippen molar-refractivity contribution in [2.45, 2.75) is 0 Å². The molecule has 0 radical (unpaired) electrons. The number of hydrogen-bond donors (Lipinski definition) is 2. The largest absolute Gasteiger partial charge is 1.00 e. The van der Waals surface area contributed by atoms with Crippen molar-refractivity contribution in [3.63, 3.8) is 0 Å². The Hall–Kier alpha value is 1.97. The van der Waals surface area contributed by atoms with Gasteiger partial charge in [-0.15, -0.1) is 16.5 Å². The third-order valence-corrected chi connectivity index (χ3v) is 1.48. The van der Waals surface area contributed by atoms with Gasteiger partial charge in [-0.3, -0.25) is 0 Å².